The van der Waals surface area contributed by atoms with Gasteiger partial charge < -0.3 is 0 Å². The zero-order valence-electron chi connectivity index (χ0n) is 19.0. The molecule has 2 bridgehead atoms. The summed E-state index contributed by atoms with van der Waals surface area (Å²) in [7, 11) is 0. The first-order valence-electron chi connectivity index (χ1n) is 12.1. The van der Waals surface area contributed by atoms with Gasteiger partial charge in [-0.1, -0.05) is 109 Å². The third-order valence-corrected chi connectivity index (χ3v) is 7.84. The molecule has 4 atom stereocenters. The van der Waals surface area contributed by atoms with Crippen LogP contribution in [-0.2, 0) is 9.59 Å². The first-order valence-corrected chi connectivity index (χ1v) is 12.1. The summed E-state index contributed by atoms with van der Waals surface area (Å²) in [6, 6.07) is 34.5. The second kappa shape index (κ2) is 7.64. The molecule has 0 aromatic heterocycles. The normalized spacial score (nSPS) is 24.5. The van der Waals surface area contributed by atoms with E-state index < -0.39 is 0 Å². The van der Waals surface area contributed by atoms with Crippen LogP contribution in [0.15, 0.2) is 121 Å². The van der Waals surface area contributed by atoms with Crippen molar-refractivity contribution in [1.82, 2.24) is 0 Å². The monoisotopic (exact) mass is 453 g/mol. The molecule has 7 rings (SSSR count). The van der Waals surface area contributed by atoms with Gasteiger partial charge in [0.2, 0.25) is 11.8 Å². The fraction of sp³-hybridized carbons (Fsp3) is 0.125. The van der Waals surface area contributed by atoms with Gasteiger partial charge in [-0.3, -0.25) is 9.59 Å². The number of imide groups is 1. The van der Waals surface area contributed by atoms with E-state index in [9.17, 15) is 9.59 Å². The number of hydrogen-bond acceptors (Lipinski definition) is 2. The molecule has 168 valence electrons. The first-order chi connectivity index (χ1) is 17.2. The molecule has 0 unspecified atom stereocenters. The van der Waals surface area contributed by atoms with E-state index in [4.69, 9.17) is 0 Å². The van der Waals surface area contributed by atoms with Gasteiger partial charge in [0.05, 0.1) is 17.5 Å². The zero-order chi connectivity index (χ0) is 23.5. The topological polar surface area (TPSA) is 37.4 Å². The molecular formula is C32H23NO2. The van der Waals surface area contributed by atoms with E-state index in [1.54, 1.807) is 0 Å². The third kappa shape index (κ3) is 2.85. The zero-order valence-corrected chi connectivity index (χ0v) is 19.0. The summed E-state index contributed by atoms with van der Waals surface area (Å²) in [5, 5.41) is 1.96. The van der Waals surface area contributed by atoms with Gasteiger partial charge in [-0.15, -0.1) is 0 Å². The maximum absolute atomic E-state index is 13.9. The average molecular weight is 454 g/mol. The van der Waals surface area contributed by atoms with Crippen LogP contribution in [0.1, 0.15) is 11.1 Å². The van der Waals surface area contributed by atoms with Crippen LogP contribution in [-0.4, -0.2) is 11.8 Å². The molecule has 3 nitrogen and oxygen atoms in total. The number of fused-ring (bicyclic) bond motifs is 6. The highest BCUT2D eigenvalue weighted by atomic mass is 16.2. The van der Waals surface area contributed by atoms with Crippen LogP contribution in [0, 0.1) is 23.7 Å². The Morgan fingerprint density at radius 2 is 1.09 bits per heavy atom. The molecule has 35 heavy (non-hydrogen) atoms. The molecular weight excluding hydrogens is 430 g/mol. The van der Waals surface area contributed by atoms with Crippen molar-refractivity contribution >= 4 is 33.8 Å². The van der Waals surface area contributed by atoms with E-state index in [2.05, 4.69) is 36.4 Å². The summed E-state index contributed by atoms with van der Waals surface area (Å²) in [4.78, 5) is 29.3. The number of nitrogens with zero attached hydrogens (tertiary/aromatic N) is 1. The molecule has 1 heterocycles. The van der Waals surface area contributed by atoms with Crippen molar-refractivity contribution in [1.29, 1.82) is 0 Å². The van der Waals surface area contributed by atoms with E-state index >= 15 is 0 Å². The summed E-state index contributed by atoms with van der Waals surface area (Å²) in [6.07, 6.45) is 4.32. The lowest BCUT2D eigenvalue weighted by molar-refractivity contribution is -0.122. The lowest BCUT2D eigenvalue weighted by Gasteiger charge is -2.22. The van der Waals surface area contributed by atoms with E-state index in [1.165, 1.54) is 10.5 Å². The van der Waals surface area contributed by atoms with Crippen molar-refractivity contribution in [2.75, 3.05) is 4.90 Å². The molecule has 3 heteroatoms. The van der Waals surface area contributed by atoms with Gasteiger partial charge in [0.15, 0.2) is 0 Å². The smallest absolute Gasteiger partial charge is 0.238 e. The minimum Gasteiger partial charge on any atom is -0.274 e. The third-order valence-electron chi connectivity index (χ3n) is 7.84. The van der Waals surface area contributed by atoms with Gasteiger partial charge in [0, 0.05) is 17.2 Å². The van der Waals surface area contributed by atoms with Gasteiger partial charge in [-0.25, -0.2) is 4.90 Å². The van der Waals surface area contributed by atoms with Crippen molar-refractivity contribution in [3.63, 3.8) is 0 Å². The summed E-state index contributed by atoms with van der Waals surface area (Å²) >= 11 is 0. The van der Waals surface area contributed by atoms with E-state index in [0.717, 1.165) is 27.5 Å². The summed E-state index contributed by atoms with van der Waals surface area (Å²) < 4.78 is 0. The van der Waals surface area contributed by atoms with Crippen LogP contribution < -0.4 is 4.90 Å². The number of amides is 2. The molecule has 2 aliphatic carbocycles. The Labute approximate surface area is 204 Å². The predicted octanol–water partition coefficient (Wildman–Crippen LogP) is 6.26. The van der Waals surface area contributed by atoms with Crippen LogP contribution in [0.25, 0.3) is 16.3 Å². The highest BCUT2D eigenvalue weighted by molar-refractivity contribution is 6.26. The number of allylic oxidation sites excluding steroid dienone is 3. The molecule has 2 amide bonds. The second-order valence-corrected chi connectivity index (χ2v) is 9.56. The molecule has 1 saturated heterocycles. The maximum Gasteiger partial charge on any atom is 0.238 e. The molecule has 0 N–H and O–H groups in total. The average Bonchev–Trinajstić information content (AvgIpc) is 3.54. The highest BCUT2D eigenvalue weighted by Crippen LogP contribution is 2.59. The largest absolute Gasteiger partial charge is 0.274 e. The molecule has 2 fully saturated rings. The van der Waals surface area contributed by atoms with Crippen molar-refractivity contribution < 1.29 is 9.59 Å². The summed E-state index contributed by atoms with van der Waals surface area (Å²) in [5.41, 5.74) is 5.30. The molecule has 4 aromatic carbocycles. The van der Waals surface area contributed by atoms with Crippen molar-refractivity contribution in [2.45, 2.75) is 0 Å². The summed E-state index contributed by atoms with van der Waals surface area (Å²) in [6.45, 7) is 0. The molecule has 1 aliphatic heterocycles. The van der Waals surface area contributed by atoms with Crippen LogP contribution >= 0.6 is 0 Å². The highest BCUT2D eigenvalue weighted by Gasteiger charge is 2.62. The number of anilines is 1. The van der Waals surface area contributed by atoms with Gasteiger partial charge in [-0.05, 0) is 33.7 Å². The Morgan fingerprint density at radius 1 is 0.571 bits per heavy atom. The Hall–Kier alpha value is -4.24. The Balaban J connectivity index is 1.38. The lowest BCUT2D eigenvalue weighted by Crippen LogP contribution is -2.33. The number of carbonyl (C=O) groups excluding carboxylic acids is 2. The number of hydrogen-bond donors (Lipinski definition) is 0. The molecule has 3 aliphatic rings. The summed E-state index contributed by atoms with van der Waals surface area (Å²) in [5.74, 6) is -1.01. The van der Waals surface area contributed by atoms with Crippen molar-refractivity contribution in [2.24, 2.45) is 23.7 Å². The standard InChI is InChI=1S/C32H23NO2/c34-31-29-24-18-19-25(28(24)27(21-11-3-1-4-12-21)22-13-5-2-6-14-22)30(29)32(35)33(31)26-17-9-15-20-10-7-8-16-23(20)26/h1-19,24-25,29-30H/t24-,25-,29+,30+/m0/s1. The SMILES string of the molecule is O=C1[C@H]2[C@H](C(=O)N1c1cccc3ccccc13)[C@H]1C=C[C@H]2C1=C(c1ccccc1)c1ccccc1. The van der Waals surface area contributed by atoms with E-state index in [0.29, 0.717) is 5.69 Å². The Morgan fingerprint density at radius 3 is 1.69 bits per heavy atom. The van der Waals surface area contributed by atoms with Crippen LogP contribution in [0.3, 0.4) is 0 Å². The second-order valence-electron chi connectivity index (χ2n) is 9.56. The molecule has 0 radical (unpaired) electrons. The first kappa shape index (κ1) is 20.2. The number of carbonyl (C=O) groups is 2. The van der Waals surface area contributed by atoms with Crippen molar-refractivity contribution in [3.8, 4) is 0 Å². The fourth-order valence-electron chi connectivity index (χ4n) is 6.45. The fourth-order valence-corrected chi connectivity index (χ4v) is 6.45. The Kier molecular flexibility index (Phi) is 4.40. The van der Waals surface area contributed by atoms with E-state index in [-0.39, 0.29) is 35.5 Å². The molecule has 0 spiro atoms. The van der Waals surface area contributed by atoms with Crippen LogP contribution in [0.5, 0.6) is 0 Å². The minimum atomic E-state index is -0.353. The predicted molar refractivity (Wildman–Crippen MR) is 138 cm³/mol. The van der Waals surface area contributed by atoms with Crippen molar-refractivity contribution in [3.05, 3.63) is 132 Å². The molecule has 1 saturated carbocycles. The maximum atomic E-state index is 13.9. The number of benzene rings is 4. The van der Waals surface area contributed by atoms with Gasteiger partial charge >= 0.3 is 0 Å². The quantitative estimate of drug-likeness (QED) is 0.271. The minimum absolute atomic E-state index is 0.0724. The van der Waals surface area contributed by atoms with Gasteiger partial charge in [-0.2, -0.15) is 0 Å². The number of rotatable bonds is 3. The van der Waals surface area contributed by atoms with Gasteiger partial charge in [0.1, 0.15) is 0 Å². The van der Waals surface area contributed by atoms with Gasteiger partial charge in [0.25, 0.3) is 0 Å². The Bertz CT molecular complexity index is 1470. The molecule has 4 aromatic rings. The van der Waals surface area contributed by atoms with Crippen LogP contribution in [0.4, 0.5) is 5.69 Å². The van der Waals surface area contributed by atoms with E-state index in [1.807, 2.05) is 78.9 Å². The van der Waals surface area contributed by atoms with Crippen LogP contribution in [0.2, 0.25) is 0 Å². The lowest BCUT2D eigenvalue weighted by atomic mass is 9.85.